The number of aliphatic hydroxyl groups is 2. The monoisotopic (exact) mass is 209 g/mol. The summed E-state index contributed by atoms with van der Waals surface area (Å²) >= 11 is 0. The van der Waals surface area contributed by atoms with E-state index in [1.54, 1.807) is 6.07 Å². The van der Waals surface area contributed by atoms with Gasteiger partial charge in [-0.15, -0.1) is 0 Å². The molecule has 0 aliphatic carbocycles. The first kappa shape index (κ1) is 11.3. The van der Waals surface area contributed by atoms with Gasteiger partial charge in [-0.3, -0.25) is 0 Å². The molecule has 0 saturated heterocycles. The minimum atomic E-state index is -1.58. The van der Waals surface area contributed by atoms with E-state index in [-0.39, 0.29) is 17.1 Å². The van der Waals surface area contributed by atoms with Crippen molar-refractivity contribution in [2.24, 2.45) is 0 Å². The van der Waals surface area contributed by atoms with Crippen molar-refractivity contribution in [1.29, 1.82) is 5.26 Å². The van der Waals surface area contributed by atoms with Gasteiger partial charge < -0.3 is 20.1 Å². The van der Waals surface area contributed by atoms with Gasteiger partial charge in [0.05, 0.1) is 13.2 Å². The van der Waals surface area contributed by atoms with E-state index in [0.29, 0.717) is 0 Å². The predicted molar refractivity (Wildman–Crippen MR) is 51.2 cm³/mol. The van der Waals surface area contributed by atoms with Crippen LogP contribution in [0.1, 0.15) is 11.7 Å². The van der Waals surface area contributed by atoms with E-state index in [1.807, 2.05) is 0 Å². The van der Waals surface area contributed by atoms with Gasteiger partial charge in [0.1, 0.15) is 6.10 Å². The predicted octanol–water partition coefficient (Wildman–Crippen LogP) is 0.319. The van der Waals surface area contributed by atoms with Crippen LogP contribution < -0.4 is 4.74 Å². The third kappa shape index (κ3) is 2.18. The number of rotatable bonds is 3. The van der Waals surface area contributed by atoms with E-state index in [1.165, 1.54) is 25.3 Å². The molecule has 0 aliphatic heterocycles. The molecule has 0 fully saturated rings. The summed E-state index contributed by atoms with van der Waals surface area (Å²) in [5.74, 6) is -0.0986. The summed E-state index contributed by atoms with van der Waals surface area (Å²) in [6.07, 6.45) is -3.03. The lowest BCUT2D eigenvalue weighted by atomic mass is 10.0. The lowest BCUT2D eigenvalue weighted by Crippen LogP contribution is -2.15. The number of para-hydroxylation sites is 1. The average Bonchev–Trinajstić information content (AvgIpc) is 2.27. The van der Waals surface area contributed by atoms with Gasteiger partial charge in [0, 0.05) is 5.56 Å². The Morgan fingerprint density at radius 2 is 2.07 bits per heavy atom. The summed E-state index contributed by atoms with van der Waals surface area (Å²) in [6, 6.07) is 5.93. The van der Waals surface area contributed by atoms with E-state index in [9.17, 15) is 10.2 Å². The maximum Gasteiger partial charge on any atom is 0.170 e. The molecule has 2 unspecified atom stereocenters. The number of phenols is 1. The molecule has 3 N–H and O–H groups in total. The summed E-state index contributed by atoms with van der Waals surface area (Å²) < 4.78 is 4.82. The second-order valence-corrected chi connectivity index (χ2v) is 2.92. The van der Waals surface area contributed by atoms with E-state index in [0.717, 1.165) is 0 Å². The van der Waals surface area contributed by atoms with Crippen molar-refractivity contribution in [1.82, 2.24) is 0 Å². The van der Waals surface area contributed by atoms with E-state index in [4.69, 9.17) is 15.1 Å². The number of phenolic OH excluding ortho intramolecular Hbond substituents is 1. The maximum atomic E-state index is 9.60. The number of hydrogen-bond donors (Lipinski definition) is 3. The molecular weight excluding hydrogens is 198 g/mol. The van der Waals surface area contributed by atoms with Crippen LogP contribution in [0.4, 0.5) is 0 Å². The van der Waals surface area contributed by atoms with Crippen LogP contribution in [-0.4, -0.2) is 28.5 Å². The molecule has 0 bridgehead atoms. The smallest absolute Gasteiger partial charge is 0.170 e. The van der Waals surface area contributed by atoms with E-state index < -0.39 is 12.2 Å². The maximum absolute atomic E-state index is 9.60. The van der Waals surface area contributed by atoms with Gasteiger partial charge in [0.2, 0.25) is 0 Å². The molecule has 5 nitrogen and oxygen atoms in total. The Balaban J connectivity index is 3.10. The second-order valence-electron chi connectivity index (χ2n) is 2.92. The highest BCUT2D eigenvalue weighted by atomic mass is 16.5. The van der Waals surface area contributed by atoms with Crippen molar-refractivity contribution in [2.75, 3.05) is 7.11 Å². The number of nitrogens with zero attached hydrogens (tertiary/aromatic N) is 1. The van der Waals surface area contributed by atoms with Crippen LogP contribution in [0, 0.1) is 11.3 Å². The highest BCUT2D eigenvalue weighted by molar-refractivity contribution is 5.46. The lowest BCUT2D eigenvalue weighted by Gasteiger charge is -2.15. The molecule has 0 aliphatic rings. The molecule has 80 valence electrons. The largest absolute Gasteiger partial charge is 0.504 e. The van der Waals surface area contributed by atoms with Crippen molar-refractivity contribution in [3.05, 3.63) is 23.8 Å². The molecule has 0 spiro atoms. The van der Waals surface area contributed by atoms with Crippen LogP contribution in [-0.2, 0) is 0 Å². The van der Waals surface area contributed by atoms with Gasteiger partial charge in [-0.2, -0.15) is 5.26 Å². The third-order valence-corrected chi connectivity index (χ3v) is 2.00. The van der Waals surface area contributed by atoms with Crippen molar-refractivity contribution < 1.29 is 20.1 Å². The molecule has 1 rings (SSSR count). The molecule has 2 atom stereocenters. The van der Waals surface area contributed by atoms with Crippen LogP contribution in [0.25, 0.3) is 0 Å². The number of hydrogen-bond acceptors (Lipinski definition) is 5. The quantitative estimate of drug-likeness (QED) is 0.623. The Labute approximate surface area is 86.8 Å². The molecule has 0 radical (unpaired) electrons. The zero-order valence-electron chi connectivity index (χ0n) is 8.08. The molecule has 0 aromatic heterocycles. The highest BCUT2D eigenvalue weighted by Crippen LogP contribution is 2.34. The Bertz CT molecular complexity index is 385. The zero-order chi connectivity index (χ0) is 11.4. The summed E-state index contributed by atoms with van der Waals surface area (Å²) in [5.41, 5.74) is 0.0587. The van der Waals surface area contributed by atoms with Crippen molar-refractivity contribution >= 4 is 0 Å². The second kappa shape index (κ2) is 4.64. The summed E-state index contributed by atoms with van der Waals surface area (Å²) in [6.45, 7) is 0. The first-order valence-electron chi connectivity index (χ1n) is 4.23. The number of ether oxygens (including phenoxy) is 1. The third-order valence-electron chi connectivity index (χ3n) is 2.00. The molecule has 15 heavy (non-hydrogen) atoms. The average molecular weight is 209 g/mol. The topological polar surface area (TPSA) is 93.7 Å². The Morgan fingerprint density at radius 3 is 2.60 bits per heavy atom. The first-order valence-corrected chi connectivity index (χ1v) is 4.23. The van der Waals surface area contributed by atoms with Gasteiger partial charge in [-0.1, -0.05) is 12.1 Å². The first-order chi connectivity index (χ1) is 7.11. The molecule has 0 heterocycles. The summed E-state index contributed by atoms with van der Waals surface area (Å²) in [4.78, 5) is 0. The number of aliphatic hydroxyl groups excluding tert-OH is 2. The van der Waals surface area contributed by atoms with Crippen LogP contribution in [0.5, 0.6) is 11.5 Å². The van der Waals surface area contributed by atoms with Crippen molar-refractivity contribution in [3.8, 4) is 17.6 Å². The standard InChI is InChI=1S/C10H11NO4/c1-15-8-4-2-3-6(10(8)14)9(13)7(12)5-11/h2-4,7,9,12-14H,1H3. The fraction of sp³-hybridized carbons (Fsp3) is 0.300. The van der Waals surface area contributed by atoms with Gasteiger partial charge in [-0.25, -0.2) is 0 Å². The summed E-state index contributed by atoms with van der Waals surface area (Å²) in [5, 5.41) is 36.6. The van der Waals surface area contributed by atoms with Gasteiger partial charge in [-0.05, 0) is 6.07 Å². The van der Waals surface area contributed by atoms with Crippen molar-refractivity contribution in [2.45, 2.75) is 12.2 Å². The summed E-state index contributed by atoms with van der Waals surface area (Å²) in [7, 11) is 1.37. The van der Waals surface area contributed by atoms with Gasteiger partial charge in [0.25, 0.3) is 0 Å². The minimum absolute atomic E-state index is 0.0587. The van der Waals surface area contributed by atoms with Gasteiger partial charge in [0.15, 0.2) is 17.6 Å². The van der Waals surface area contributed by atoms with Crippen LogP contribution in [0.15, 0.2) is 18.2 Å². The fourth-order valence-corrected chi connectivity index (χ4v) is 1.18. The van der Waals surface area contributed by atoms with Crippen LogP contribution >= 0.6 is 0 Å². The van der Waals surface area contributed by atoms with Gasteiger partial charge >= 0.3 is 0 Å². The molecule has 1 aromatic rings. The van der Waals surface area contributed by atoms with Crippen LogP contribution in [0.3, 0.4) is 0 Å². The number of nitriles is 1. The molecule has 1 aromatic carbocycles. The minimum Gasteiger partial charge on any atom is -0.504 e. The van der Waals surface area contributed by atoms with E-state index >= 15 is 0 Å². The number of aromatic hydroxyl groups is 1. The Morgan fingerprint density at radius 1 is 1.40 bits per heavy atom. The zero-order valence-corrected chi connectivity index (χ0v) is 8.08. The molecule has 0 amide bonds. The molecule has 5 heteroatoms. The lowest BCUT2D eigenvalue weighted by molar-refractivity contribution is 0.0509. The molecular formula is C10H11NO4. The molecule has 0 saturated carbocycles. The number of methoxy groups -OCH3 is 1. The number of benzene rings is 1. The Kier molecular flexibility index (Phi) is 3.50. The van der Waals surface area contributed by atoms with E-state index in [2.05, 4.69) is 0 Å². The highest BCUT2D eigenvalue weighted by Gasteiger charge is 2.22. The van der Waals surface area contributed by atoms with Crippen LogP contribution in [0.2, 0.25) is 0 Å². The fourth-order valence-electron chi connectivity index (χ4n) is 1.18. The van der Waals surface area contributed by atoms with Crippen molar-refractivity contribution in [3.63, 3.8) is 0 Å². The SMILES string of the molecule is COc1cccc(C(O)C(O)C#N)c1O. The normalized spacial score (nSPS) is 14.0. The Hall–Kier alpha value is -1.77.